The Hall–Kier alpha value is -2.20. The van der Waals surface area contributed by atoms with Gasteiger partial charge in [-0.05, 0) is 45.0 Å². The maximum absolute atomic E-state index is 10.4. The van der Waals surface area contributed by atoms with Crippen LogP contribution in [0.3, 0.4) is 0 Å². The van der Waals surface area contributed by atoms with Gasteiger partial charge in [-0.1, -0.05) is 42.1 Å². The fourth-order valence-corrected chi connectivity index (χ4v) is 3.44. The first kappa shape index (κ1) is 15.7. The molecule has 2 aromatic carbocycles. The van der Waals surface area contributed by atoms with E-state index in [0.717, 1.165) is 16.2 Å². The number of benzene rings is 2. The van der Waals surface area contributed by atoms with E-state index >= 15 is 0 Å². The van der Waals surface area contributed by atoms with E-state index in [-0.39, 0.29) is 11.8 Å². The third kappa shape index (κ3) is 3.27. The van der Waals surface area contributed by atoms with E-state index in [1.807, 2.05) is 41.9 Å². The first-order chi connectivity index (χ1) is 11.1. The van der Waals surface area contributed by atoms with Gasteiger partial charge in [0.15, 0.2) is 5.75 Å². The van der Waals surface area contributed by atoms with Crippen LogP contribution in [0.4, 0.5) is 0 Å². The normalized spacial score (nSPS) is 11.1. The van der Waals surface area contributed by atoms with E-state index < -0.39 is 0 Å². The highest BCUT2D eigenvalue weighted by Crippen LogP contribution is 2.35. The monoisotopic (exact) mass is 324 g/mol. The Bertz CT molecular complexity index is 809. The first-order valence-corrected chi connectivity index (χ1v) is 8.49. The number of hydrogen-bond acceptors (Lipinski definition) is 3. The number of aromatic nitrogens is 2. The molecule has 0 aliphatic carbocycles. The van der Waals surface area contributed by atoms with Crippen molar-refractivity contribution in [2.45, 2.75) is 36.6 Å². The summed E-state index contributed by atoms with van der Waals surface area (Å²) >= 11 is 1.70. The van der Waals surface area contributed by atoms with Gasteiger partial charge in [0.1, 0.15) is 5.69 Å². The Kier molecular flexibility index (Phi) is 4.44. The summed E-state index contributed by atoms with van der Waals surface area (Å²) in [5.41, 5.74) is 2.38. The Morgan fingerprint density at radius 1 is 1.00 bits per heavy atom. The van der Waals surface area contributed by atoms with Gasteiger partial charge in [-0.25, -0.2) is 0 Å². The van der Waals surface area contributed by atoms with Gasteiger partial charge in [0, 0.05) is 21.4 Å². The average molecular weight is 324 g/mol. The average Bonchev–Trinajstić information content (AvgIpc) is 2.85. The third-order valence-electron chi connectivity index (χ3n) is 3.69. The molecule has 0 bridgehead atoms. The standard InChI is InChI=1S/C19H20N2OS/c1-13(2)21-14(3)19(22)18(20-21)15-8-7-11-17(12-15)23-16-9-5-4-6-10-16/h4-13,22H,1-3H3. The van der Waals surface area contributed by atoms with Crippen LogP contribution in [-0.2, 0) is 0 Å². The zero-order chi connectivity index (χ0) is 16.4. The van der Waals surface area contributed by atoms with Crippen LogP contribution in [0.1, 0.15) is 25.6 Å². The number of aromatic hydroxyl groups is 1. The molecule has 0 unspecified atom stereocenters. The fourth-order valence-electron chi connectivity index (χ4n) is 2.54. The van der Waals surface area contributed by atoms with Gasteiger partial charge in [0.25, 0.3) is 0 Å². The topological polar surface area (TPSA) is 38.1 Å². The second kappa shape index (κ2) is 6.50. The van der Waals surface area contributed by atoms with E-state index in [1.54, 1.807) is 11.8 Å². The number of rotatable bonds is 4. The molecule has 0 spiro atoms. The summed E-state index contributed by atoms with van der Waals surface area (Å²) in [4.78, 5) is 2.32. The third-order valence-corrected chi connectivity index (χ3v) is 4.69. The molecule has 0 aliphatic rings. The SMILES string of the molecule is Cc1c(O)c(-c2cccc(Sc3ccccc3)c2)nn1C(C)C. The molecule has 0 aliphatic heterocycles. The zero-order valence-corrected chi connectivity index (χ0v) is 14.3. The van der Waals surface area contributed by atoms with E-state index in [1.165, 1.54) is 4.90 Å². The quantitative estimate of drug-likeness (QED) is 0.708. The summed E-state index contributed by atoms with van der Waals surface area (Å²) in [5, 5.41) is 15.0. The molecule has 0 atom stereocenters. The van der Waals surface area contributed by atoms with Crippen molar-refractivity contribution < 1.29 is 5.11 Å². The van der Waals surface area contributed by atoms with Gasteiger partial charge in [0.2, 0.25) is 0 Å². The van der Waals surface area contributed by atoms with Crippen LogP contribution in [0.15, 0.2) is 64.4 Å². The molecular formula is C19H20N2OS. The van der Waals surface area contributed by atoms with Crippen LogP contribution in [0.25, 0.3) is 11.3 Å². The van der Waals surface area contributed by atoms with Crippen LogP contribution in [0.5, 0.6) is 5.75 Å². The minimum absolute atomic E-state index is 0.219. The maximum Gasteiger partial charge on any atom is 0.164 e. The molecular weight excluding hydrogens is 304 g/mol. The summed E-state index contributed by atoms with van der Waals surface area (Å²) in [6.45, 7) is 6.02. The van der Waals surface area contributed by atoms with Gasteiger partial charge in [-0.3, -0.25) is 4.68 Å². The Morgan fingerprint density at radius 3 is 2.35 bits per heavy atom. The number of nitrogens with zero attached hydrogens (tertiary/aromatic N) is 2. The lowest BCUT2D eigenvalue weighted by Crippen LogP contribution is -2.04. The summed E-state index contributed by atoms with van der Waals surface area (Å²) in [6, 6.07) is 18.6. The van der Waals surface area contributed by atoms with Gasteiger partial charge in [-0.15, -0.1) is 0 Å². The van der Waals surface area contributed by atoms with Crippen molar-refractivity contribution >= 4 is 11.8 Å². The van der Waals surface area contributed by atoms with Crippen LogP contribution >= 0.6 is 11.8 Å². The van der Waals surface area contributed by atoms with Crippen molar-refractivity contribution in [1.82, 2.24) is 9.78 Å². The Morgan fingerprint density at radius 2 is 1.70 bits per heavy atom. The van der Waals surface area contributed by atoms with Gasteiger partial charge in [0.05, 0.1) is 5.69 Å². The van der Waals surface area contributed by atoms with Crippen LogP contribution in [0, 0.1) is 6.92 Å². The molecule has 1 aromatic heterocycles. The van der Waals surface area contributed by atoms with Crippen LogP contribution in [-0.4, -0.2) is 14.9 Å². The Labute approximate surface area is 141 Å². The van der Waals surface area contributed by atoms with E-state index in [0.29, 0.717) is 5.69 Å². The summed E-state index contributed by atoms with van der Waals surface area (Å²) < 4.78 is 1.86. The van der Waals surface area contributed by atoms with Gasteiger partial charge >= 0.3 is 0 Å². The molecule has 23 heavy (non-hydrogen) atoms. The second-order valence-electron chi connectivity index (χ2n) is 5.76. The molecule has 1 heterocycles. The highest BCUT2D eigenvalue weighted by Gasteiger charge is 2.17. The molecule has 118 valence electrons. The first-order valence-electron chi connectivity index (χ1n) is 7.67. The number of hydrogen-bond donors (Lipinski definition) is 1. The predicted molar refractivity (Wildman–Crippen MR) is 95.0 cm³/mol. The molecule has 0 saturated carbocycles. The van der Waals surface area contributed by atoms with Crippen LogP contribution < -0.4 is 0 Å². The van der Waals surface area contributed by atoms with Crippen molar-refractivity contribution in [2.24, 2.45) is 0 Å². The van der Waals surface area contributed by atoms with E-state index in [4.69, 9.17) is 0 Å². The van der Waals surface area contributed by atoms with Crippen molar-refractivity contribution in [1.29, 1.82) is 0 Å². The van der Waals surface area contributed by atoms with Crippen molar-refractivity contribution in [3.05, 3.63) is 60.3 Å². The zero-order valence-electron chi connectivity index (χ0n) is 13.5. The lowest BCUT2D eigenvalue weighted by Gasteiger charge is -2.06. The fraction of sp³-hybridized carbons (Fsp3) is 0.211. The molecule has 0 fully saturated rings. The smallest absolute Gasteiger partial charge is 0.164 e. The summed E-state index contributed by atoms with van der Waals surface area (Å²) in [6.07, 6.45) is 0. The lowest BCUT2D eigenvalue weighted by molar-refractivity contribution is 0.461. The molecule has 0 radical (unpaired) electrons. The molecule has 4 heteroatoms. The maximum atomic E-state index is 10.4. The lowest BCUT2D eigenvalue weighted by atomic mass is 10.1. The minimum atomic E-state index is 0.219. The van der Waals surface area contributed by atoms with Crippen LogP contribution in [0.2, 0.25) is 0 Å². The van der Waals surface area contributed by atoms with Crippen molar-refractivity contribution in [3.63, 3.8) is 0 Å². The summed E-state index contributed by atoms with van der Waals surface area (Å²) in [7, 11) is 0. The minimum Gasteiger partial charge on any atom is -0.504 e. The highest BCUT2D eigenvalue weighted by atomic mass is 32.2. The van der Waals surface area contributed by atoms with E-state index in [9.17, 15) is 5.11 Å². The second-order valence-corrected chi connectivity index (χ2v) is 6.91. The van der Waals surface area contributed by atoms with Crippen molar-refractivity contribution in [2.75, 3.05) is 0 Å². The van der Waals surface area contributed by atoms with Crippen molar-refractivity contribution in [3.8, 4) is 17.0 Å². The molecule has 1 N–H and O–H groups in total. The molecule has 3 aromatic rings. The van der Waals surface area contributed by atoms with Gasteiger partial charge < -0.3 is 5.11 Å². The van der Waals surface area contributed by atoms with E-state index in [2.05, 4.69) is 43.2 Å². The summed E-state index contributed by atoms with van der Waals surface area (Å²) in [5.74, 6) is 0.264. The Balaban J connectivity index is 1.96. The largest absolute Gasteiger partial charge is 0.504 e. The highest BCUT2D eigenvalue weighted by molar-refractivity contribution is 7.99. The van der Waals surface area contributed by atoms with Gasteiger partial charge in [-0.2, -0.15) is 5.10 Å². The molecule has 3 nitrogen and oxygen atoms in total. The molecule has 3 rings (SSSR count). The molecule has 0 saturated heterocycles. The molecule has 0 amide bonds. The predicted octanol–water partition coefficient (Wildman–Crippen LogP) is 5.30.